The minimum absolute atomic E-state index is 0.179. The molecule has 2 saturated heterocycles. The van der Waals surface area contributed by atoms with Gasteiger partial charge in [-0.2, -0.15) is 0 Å². The maximum Gasteiger partial charge on any atom is 0.325 e. The van der Waals surface area contributed by atoms with Gasteiger partial charge in [-0.3, -0.25) is 14.5 Å². The fraction of sp³-hybridized carbons (Fsp3) is 0.500. The van der Waals surface area contributed by atoms with Crippen molar-refractivity contribution in [2.24, 2.45) is 0 Å². The summed E-state index contributed by atoms with van der Waals surface area (Å²) in [6.07, 6.45) is 2.24. The predicted octanol–water partition coefficient (Wildman–Crippen LogP) is 0.891. The summed E-state index contributed by atoms with van der Waals surface area (Å²) in [5, 5.41) is 2.74. The Hall–Kier alpha value is -2.77. The van der Waals surface area contributed by atoms with Crippen LogP contribution in [-0.2, 0) is 16.0 Å². The van der Waals surface area contributed by atoms with Gasteiger partial charge in [0.1, 0.15) is 12.1 Å². The highest BCUT2D eigenvalue weighted by molar-refractivity contribution is 6.09. The van der Waals surface area contributed by atoms with Gasteiger partial charge in [0.05, 0.1) is 0 Å². The highest BCUT2D eigenvalue weighted by atomic mass is 16.7. The Morgan fingerprint density at radius 1 is 1.19 bits per heavy atom. The number of likely N-dealkylation sites (tertiary alicyclic amines) is 1. The first-order valence-corrected chi connectivity index (χ1v) is 8.77. The molecule has 0 bridgehead atoms. The van der Waals surface area contributed by atoms with Crippen LogP contribution in [0.5, 0.6) is 11.5 Å². The van der Waals surface area contributed by atoms with Gasteiger partial charge in [-0.15, -0.1) is 0 Å². The third-order valence-electron chi connectivity index (χ3n) is 5.09. The molecule has 138 valence electrons. The third-order valence-corrected chi connectivity index (χ3v) is 5.09. The molecule has 2 fully saturated rings. The van der Waals surface area contributed by atoms with Gasteiger partial charge in [-0.25, -0.2) is 4.79 Å². The van der Waals surface area contributed by atoms with Gasteiger partial charge in [-0.1, -0.05) is 6.07 Å². The molecule has 3 aliphatic rings. The van der Waals surface area contributed by atoms with Gasteiger partial charge < -0.3 is 19.7 Å². The molecule has 4 rings (SSSR count). The second kappa shape index (κ2) is 6.19. The summed E-state index contributed by atoms with van der Waals surface area (Å²) >= 11 is 0. The smallest absolute Gasteiger partial charge is 0.325 e. The Morgan fingerprint density at radius 3 is 2.69 bits per heavy atom. The number of carbonyl (C=O) groups is 3. The van der Waals surface area contributed by atoms with Crippen molar-refractivity contribution in [3.63, 3.8) is 0 Å². The molecule has 0 spiro atoms. The molecular formula is C18H21N3O5. The maximum atomic E-state index is 12.8. The Balaban J connectivity index is 1.47. The quantitative estimate of drug-likeness (QED) is 0.807. The van der Waals surface area contributed by atoms with Crippen LogP contribution in [0.3, 0.4) is 0 Å². The first-order chi connectivity index (χ1) is 12.5. The van der Waals surface area contributed by atoms with Gasteiger partial charge in [0.25, 0.3) is 5.91 Å². The van der Waals surface area contributed by atoms with Crippen LogP contribution in [0.1, 0.15) is 25.3 Å². The summed E-state index contributed by atoms with van der Waals surface area (Å²) < 4.78 is 10.6. The molecule has 1 aromatic carbocycles. The molecule has 0 aromatic heterocycles. The molecule has 3 heterocycles. The second-order valence-corrected chi connectivity index (χ2v) is 7.11. The van der Waals surface area contributed by atoms with Crippen molar-refractivity contribution in [2.45, 2.75) is 31.7 Å². The lowest BCUT2D eigenvalue weighted by Crippen LogP contribution is -2.47. The van der Waals surface area contributed by atoms with Crippen molar-refractivity contribution in [3.05, 3.63) is 23.8 Å². The summed E-state index contributed by atoms with van der Waals surface area (Å²) in [6.45, 7) is 3.03. The van der Waals surface area contributed by atoms with E-state index in [1.807, 2.05) is 12.1 Å². The number of hydrogen-bond donors (Lipinski definition) is 1. The van der Waals surface area contributed by atoms with Gasteiger partial charge in [0.15, 0.2) is 11.5 Å². The predicted molar refractivity (Wildman–Crippen MR) is 90.7 cm³/mol. The molecular weight excluding hydrogens is 338 g/mol. The Labute approximate surface area is 151 Å². The van der Waals surface area contributed by atoms with E-state index in [-0.39, 0.29) is 25.2 Å². The van der Waals surface area contributed by atoms with E-state index < -0.39 is 11.6 Å². The summed E-state index contributed by atoms with van der Waals surface area (Å²) in [6, 6.07) is 4.92. The molecule has 1 N–H and O–H groups in total. The molecule has 26 heavy (non-hydrogen) atoms. The van der Waals surface area contributed by atoms with Gasteiger partial charge in [0, 0.05) is 19.5 Å². The second-order valence-electron chi connectivity index (χ2n) is 7.11. The summed E-state index contributed by atoms with van der Waals surface area (Å²) in [4.78, 5) is 40.2. The average molecular weight is 359 g/mol. The molecule has 0 saturated carbocycles. The number of urea groups is 1. The van der Waals surface area contributed by atoms with Crippen LogP contribution in [0.4, 0.5) is 4.79 Å². The number of hydrogen-bond acceptors (Lipinski definition) is 5. The largest absolute Gasteiger partial charge is 0.454 e. The number of amides is 4. The van der Waals surface area contributed by atoms with E-state index in [9.17, 15) is 14.4 Å². The normalized spacial score (nSPS) is 24.3. The molecule has 0 aliphatic carbocycles. The van der Waals surface area contributed by atoms with Crippen LogP contribution in [0.25, 0.3) is 0 Å². The van der Waals surface area contributed by atoms with E-state index in [4.69, 9.17) is 9.47 Å². The number of imide groups is 1. The Kier molecular flexibility index (Phi) is 3.97. The molecule has 0 unspecified atom stereocenters. The van der Waals surface area contributed by atoms with E-state index >= 15 is 0 Å². The Bertz CT molecular complexity index is 774. The fourth-order valence-electron chi connectivity index (χ4n) is 3.67. The number of nitrogens with one attached hydrogen (secondary N) is 1. The van der Waals surface area contributed by atoms with Crippen LogP contribution >= 0.6 is 0 Å². The summed E-state index contributed by atoms with van der Waals surface area (Å²) in [7, 11) is 0. The molecule has 0 radical (unpaired) electrons. The summed E-state index contributed by atoms with van der Waals surface area (Å²) in [5.41, 5.74) is -0.242. The number of rotatable bonds is 4. The van der Waals surface area contributed by atoms with Crippen molar-refractivity contribution >= 4 is 17.8 Å². The van der Waals surface area contributed by atoms with E-state index in [1.165, 1.54) is 0 Å². The van der Waals surface area contributed by atoms with Crippen molar-refractivity contribution < 1.29 is 23.9 Å². The van der Waals surface area contributed by atoms with E-state index in [1.54, 1.807) is 17.9 Å². The maximum absolute atomic E-state index is 12.8. The highest BCUT2D eigenvalue weighted by Gasteiger charge is 2.48. The molecule has 1 aromatic rings. The number of ether oxygens (including phenoxy) is 2. The monoisotopic (exact) mass is 359 g/mol. The lowest BCUT2D eigenvalue weighted by Gasteiger charge is -2.23. The average Bonchev–Trinajstić information content (AvgIpc) is 3.32. The molecule has 1 atom stereocenters. The van der Waals surface area contributed by atoms with Crippen molar-refractivity contribution in [3.8, 4) is 11.5 Å². The first kappa shape index (κ1) is 16.7. The highest BCUT2D eigenvalue weighted by Crippen LogP contribution is 2.34. The number of fused-ring (bicyclic) bond motifs is 1. The molecule has 8 nitrogen and oxygen atoms in total. The molecule has 8 heteroatoms. The van der Waals surface area contributed by atoms with E-state index in [0.29, 0.717) is 31.0 Å². The zero-order valence-electron chi connectivity index (χ0n) is 14.6. The van der Waals surface area contributed by atoms with Crippen LogP contribution < -0.4 is 14.8 Å². The lowest BCUT2D eigenvalue weighted by atomic mass is 9.92. The fourth-order valence-corrected chi connectivity index (χ4v) is 3.67. The minimum atomic E-state index is -1.09. The van der Waals surface area contributed by atoms with Crippen molar-refractivity contribution in [1.82, 2.24) is 15.1 Å². The van der Waals surface area contributed by atoms with E-state index in [0.717, 1.165) is 23.3 Å². The lowest BCUT2D eigenvalue weighted by molar-refractivity contribution is -0.138. The zero-order valence-corrected chi connectivity index (χ0v) is 14.6. The van der Waals surface area contributed by atoms with Crippen LogP contribution in [0, 0.1) is 0 Å². The van der Waals surface area contributed by atoms with Crippen LogP contribution in [-0.4, -0.2) is 59.6 Å². The zero-order chi connectivity index (χ0) is 18.3. The molecule has 3 aliphatic heterocycles. The van der Waals surface area contributed by atoms with Crippen LogP contribution in [0.2, 0.25) is 0 Å². The number of carbonyl (C=O) groups excluding carboxylic acids is 3. The van der Waals surface area contributed by atoms with Crippen LogP contribution in [0.15, 0.2) is 18.2 Å². The summed E-state index contributed by atoms with van der Waals surface area (Å²) in [5.74, 6) is 0.730. The van der Waals surface area contributed by atoms with Crippen molar-refractivity contribution in [1.29, 1.82) is 0 Å². The first-order valence-electron chi connectivity index (χ1n) is 8.77. The van der Waals surface area contributed by atoms with Gasteiger partial charge in [0.2, 0.25) is 12.7 Å². The standard InChI is InChI=1S/C18H21N3O5/c1-18(9-12-4-5-13-14(8-12)26-11-25-13)16(23)21(17(24)19-18)10-15(22)20-6-2-3-7-20/h4-5,8H,2-3,6-7,9-11H2,1H3,(H,19,24)/t18-/m1/s1. The van der Waals surface area contributed by atoms with E-state index in [2.05, 4.69) is 5.32 Å². The van der Waals surface area contributed by atoms with Gasteiger partial charge in [-0.05, 0) is 37.5 Å². The topological polar surface area (TPSA) is 88.2 Å². The van der Waals surface area contributed by atoms with Gasteiger partial charge >= 0.3 is 6.03 Å². The Morgan fingerprint density at radius 2 is 1.92 bits per heavy atom. The SMILES string of the molecule is C[C@]1(Cc2ccc3c(c2)OCO3)NC(=O)N(CC(=O)N2CCCC2)C1=O. The number of nitrogens with zero attached hydrogens (tertiary/aromatic N) is 2. The third kappa shape index (κ3) is 2.85. The van der Waals surface area contributed by atoms with Crippen molar-refractivity contribution in [2.75, 3.05) is 26.4 Å². The molecule has 4 amide bonds. The number of benzene rings is 1. The minimum Gasteiger partial charge on any atom is -0.454 e.